The molecular formula is C12H16N2O. The van der Waals surface area contributed by atoms with Crippen LogP contribution in [0.25, 0.3) is 0 Å². The Balaban J connectivity index is 1.91. The SMILES string of the molecule is O=C(NC1CCCCN1)c1ccccc1. The Hall–Kier alpha value is -1.35. The molecule has 1 aliphatic rings. The third-order valence-electron chi connectivity index (χ3n) is 2.65. The maximum absolute atomic E-state index is 11.8. The first-order valence-electron chi connectivity index (χ1n) is 5.45. The van der Waals surface area contributed by atoms with Crippen LogP contribution in [-0.4, -0.2) is 18.6 Å². The van der Waals surface area contributed by atoms with Gasteiger partial charge in [-0.15, -0.1) is 0 Å². The molecule has 2 N–H and O–H groups in total. The molecule has 1 saturated heterocycles. The van der Waals surface area contributed by atoms with E-state index in [0.717, 1.165) is 18.5 Å². The van der Waals surface area contributed by atoms with Gasteiger partial charge in [-0.3, -0.25) is 10.1 Å². The molecule has 1 aromatic carbocycles. The van der Waals surface area contributed by atoms with Gasteiger partial charge in [0.05, 0.1) is 6.17 Å². The van der Waals surface area contributed by atoms with Crippen LogP contribution in [-0.2, 0) is 0 Å². The summed E-state index contributed by atoms with van der Waals surface area (Å²) in [5.41, 5.74) is 0.727. The maximum Gasteiger partial charge on any atom is 0.252 e. The summed E-state index contributed by atoms with van der Waals surface area (Å²) in [5, 5.41) is 6.27. The fraction of sp³-hybridized carbons (Fsp3) is 0.417. The number of nitrogens with one attached hydrogen (secondary N) is 2. The molecule has 0 aromatic heterocycles. The number of hydrogen-bond acceptors (Lipinski definition) is 2. The molecule has 3 nitrogen and oxygen atoms in total. The van der Waals surface area contributed by atoms with Gasteiger partial charge in [0.15, 0.2) is 0 Å². The highest BCUT2D eigenvalue weighted by Gasteiger charge is 2.15. The fourth-order valence-electron chi connectivity index (χ4n) is 1.81. The Morgan fingerprint density at radius 3 is 2.73 bits per heavy atom. The van der Waals surface area contributed by atoms with E-state index in [0.29, 0.717) is 0 Å². The minimum Gasteiger partial charge on any atom is -0.337 e. The van der Waals surface area contributed by atoms with Crippen LogP contribution in [0.3, 0.4) is 0 Å². The molecule has 1 atom stereocenters. The average molecular weight is 204 g/mol. The van der Waals surface area contributed by atoms with Gasteiger partial charge in [0.2, 0.25) is 0 Å². The number of benzene rings is 1. The van der Waals surface area contributed by atoms with Crippen LogP contribution in [0.5, 0.6) is 0 Å². The van der Waals surface area contributed by atoms with Crippen molar-refractivity contribution in [1.29, 1.82) is 0 Å². The topological polar surface area (TPSA) is 41.1 Å². The number of hydrogen-bond donors (Lipinski definition) is 2. The molecule has 1 fully saturated rings. The van der Waals surface area contributed by atoms with Crippen molar-refractivity contribution in [2.24, 2.45) is 0 Å². The van der Waals surface area contributed by atoms with Crippen LogP contribution in [0.2, 0.25) is 0 Å². The lowest BCUT2D eigenvalue weighted by Crippen LogP contribution is -2.47. The third-order valence-corrected chi connectivity index (χ3v) is 2.65. The highest BCUT2D eigenvalue weighted by atomic mass is 16.1. The summed E-state index contributed by atoms with van der Waals surface area (Å²) in [6, 6.07) is 9.33. The highest BCUT2D eigenvalue weighted by molar-refractivity contribution is 5.94. The van der Waals surface area contributed by atoms with E-state index >= 15 is 0 Å². The van der Waals surface area contributed by atoms with E-state index in [1.54, 1.807) is 0 Å². The number of carbonyl (C=O) groups excluding carboxylic acids is 1. The molecule has 0 aliphatic carbocycles. The Kier molecular flexibility index (Phi) is 3.35. The number of carbonyl (C=O) groups is 1. The van der Waals surface area contributed by atoms with Crippen LogP contribution in [0.15, 0.2) is 30.3 Å². The predicted octanol–water partition coefficient (Wildman–Crippen LogP) is 1.52. The van der Waals surface area contributed by atoms with Gasteiger partial charge in [-0.1, -0.05) is 18.2 Å². The standard InChI is InChI=1S/C12H16N2O/c15-12(10-6-2-1-3-7-10)14-11-8-4-5-9-13-11/h1-3,6-7,11,13H,4-5,8-9H2,(H,14,15). The summed E-state index contributed by atoms with van der Waals surface area (Å²) in [6.07, 6.45) is 3.56. The summed E-state index contributed by atoms with van der Waals surface area (Å²) in [7, 11) is 0. The zero-order valence-corrected chi connectivity index (χ0v) is 8.70. The van der Waals surface area contributed by atoms with E-state index in [9.17, 15) is 4.79 Å². The molecule has 15 heavy (non-hydrogen) atoms. The summed E-state index contributed by atoms with van der Waals surface area (Å²) >= 11 is 0. The summed E-state index contributed by atoms with van der Waals surface area (Å²) in [6.45, 7) is 1.000. The largest absolute Gasteiger partial charge is 0.337 e. The first-order valence-corrected chi connectivity index (χ1v) is 5.45. The fourth-order valence-corrected chi connectivity index (χ4v) is 1.81. The normalized spacial score (nSPS) is 20.9. The van der Waals surface area contributed by atoms with Gasteiger partial charge in [-0.25, -0.2) is 0 Å². The van der Waals surface area contributed by atoms with Crippen molar-refractivity contribution in [3.8, 4) is 0 Å². The third kappa shape index (κ3) is 2.80. The van der Waals surface area contributed by atoms with Crippen molar-refractivity contribution in [1.82, 2.24) is 10.6 Å². The minimum atomic E-state index is 0.00926. The number of piperidine rings is 1. The molecular weight excluding hydrogens is 188 g/mol. The van der Waals surface area contributed by atoms with Gasteiger partial charge in [0, 0.05) is 5.56 Å². The van der Waals surface area contributed by atoms with Gasteiger partial charge < -0.3 is 5.32 Å². The van der Waals surface area contributed by atoms with Gasteiger partial charge in [0.25, 0.3) is 5.91 Å². The van der Waals surface area contributed by atoms with Crippen LogP contribution in [0.1, 0.15) is 29.6 Å². The smallest absolute Gasteiger partial charge is 0.252 e. The summed E-state index contributed by atoms with van der Waals surface area (Å²) in [5.74, 6) is 0.00926. The molecule has 80 valence electrons. The molecule has 1 unspecified atom stereocenters. The van der Waals surface area contributed by atoms with E-state index in [1.165, 1.54) is 12.8 Å². The molecule has 0 saturated carbocycles. The van der Waals surface area contributed by atoms with E-state index < -0.39 is 0 Å². The molecule has 1 amide bonds. The van der Waals surface area contributed by atoms with Crippen molar-refractivity contribution in [3.63, 3.8) is 0 Å². The quantitative estimate of drug-likeness (QED) is 0.766. The van der Waals surface area contributed by atoms with Crippen molar-refractivity contribution in [2.75, 3.05) is 6.54 Å². The summed E-state index contributed by atoms with van der Waals surface area (Å²) < 4.78 is 0. The predicted molar refractivity (Wildman–Crippen MR) is 59.5 cm³/mol. The van der Waals surface area contributed by atoms with Crippen LogP contribution in [0.4, 0.5) is 0 Å². The Labute approximate surface area is 89.9 Å². The van der Waals surface area contributed by atoms with Gasteiger partial charge in [-0.05, 0) is 37.9 Å². The molecule has 1 aromatic rings. The van der Waals surface area contributed by atoms with Crippen LogP contribution < -0.4 is 10.6 Å². The van der Waals surface area contributed by atoms with E-state index in [2.05, 4.69) is 10.6 Å². The lowest BCUT2D eigenvalue weighted by molar-refractivity contribution is 0.0921. The van der Waals surface area contributed by atoms with Crippen molar-refractivity contribution in [2.45, 2.75) is 25.4 Å². The number of amides is 1. The van der Waals surface area contributed by atoms with Gasteiger partial charge in [-0.2, -0.15) is 0 Å². The Morgan fingerprint density at radius 1 is 1.27 bits per heavy atom. The molecule has 2 rings (SSSR count). The first-order chi connectivity index (χ1) is 7.36. The molecule has 1 heterocycles. The molecule has 3 heteroatoms. The van der Waals surface area contributed by atoms with Crippen LogP contribution in [0, 0.1) is 0 Å². The Bertz CT molecular complexity index is 318. The zero-order chi connectivity index (χ0) is 10.5. The lowest BCUT2D eigenvalue weighted by atomic mass is 10.1. The van der Waals surface area contributed by atoms with Crippen molar-refractivity contribution in [3.05, 3.63) is 35.9 Å². The zero-order valence-electron chi connectivity index (χ0n) is 8.70. The van der Waals surface area contributed by atoms with Crippen molar-refractivity contribution >= 4 is 5.91 Å². The molecule has 0 bridgehead atoms. The highest BCUT2D eigenvalue weighted by Crippen LogP contribution is 2.06. The van der Waals surface area contributed by atoms with Crippen molar-refractivity contribution < 1.29 is 4.79 Å². The molecule has 0 radical (unpaired) electrons. The van der Waals surface area contributed by atoms with Crippen LogP contribution >= 0.6 is 0 Å². The molecule has 0 spiro atoms. The van der Waals surface area contributed by atoms with E-state index in [4.69, 9.17) is 0 Å². The van der Waals surface area contributed by atoms with E-state index in [1.807, 2.05) is 30.3 Å². The molecule has 1 aliphatic heterocycles. The Morgan fingerprint density at radius 2 is 2.07 bits per heavy atom. The monoisotopic (exact) mass is 204 g/mol. The summed E-state index contributed by atoms with van der Waals surface area (Å²) in [4.78, 5) is 11.8. The average Bonchev–Trinajstić information content (AvgIpc) is 2.31. The van der Waals surface area contributed by atoms with Gasteiger partial charge in [0.1, 0.15) is 0 Å². The van der Waals surface area contributed by atoms with E-state index in [-0.39, 0.29) is 12.1 Å². The minimum absolute atomic E-state index is 0.00926. The first kappa shape index (κ1) is 10.2. The second kappa shape index (κ2) is 4.94. The second-order valence-corrected chi connectivity index (χ2v) is 3.84. The number of rotatable bonds is 2. The second-order valence-electron chi connectivity index (χ2n) is 3.84. The maximum atomic E-state index is 11.8. The lowest BCUT2D eigenvalue weighted by Gasteiger charge is -2.24. The van der Waals surface area contributed by atoms with Gasteiger partial charge >= 0.3 is 0 Å².